The molecule has 0 spiro atoms. The first-order chi connectivity index (χ1) is 9.31. The van der Waals surface area contributed by atoms with Crippen molar-refractivity contribution in [2.45, 2.75) is 18.9 Å². The van der Waals surface area contributed by atoms with E-state index >= 15 is 0 Å². The maximum Gasteiger partial charge on any atom is 0.238 e. The van der Waals surface area contributed by atoms with Gasteiger partial charge in [-0.25, -0.2) is 9.37 Å². The smallest absolute Gasteiger partial charge is 0.238 e. The fourth-order valence-corrected chi connectivity index (χ4v) is 2.14. The highest BCUT2D eigenvalue weighted by molar-refractivity contribution is 5.26. The van der Waals surface area contributed by atoms with E-state index < -0.39 is 0 Å². The average Bonchev–Trinajstić information content (AvgIpc) is 2.96. The molecule has 1 N–H and O–H groups in total. The van der Waals surface area contributed by atoms with Crippen LogP contribution in [0.25, 0.3) is 0 Å². The normalized spacial score (nSPS) is 18.5. The van der Waals surface area contributed by atoms with Gasteiger partial charge in [0.25, 0.3) is 0 Å². The molecular weight excluding hydrogens is 245 g/mol. The topological polar surface area (TPSA) is 47.0 Å². The quantitative estimate of drug-likeness (QED) is 0.920. The molecule has 1 aromatic heterocycles. The Balaban J connectivity index is 1.77. The highest BCUT2D eigenvalue weighted by atomic mass is 19.1. The minimum Gasteiger partial charge on any atom is -0.437 e. The Morgan fingerprint density at radius 3 is 2.79 bits per heavy atom. The van der Waals surface area contributed by atoms with Gasteiger partial charge in [-0.2, -0.15) is 0 Å². The highest BCUT2D eigenvalue weighted by Gasteiger charge is 2.18. The van der Waals surface area contributed by atoms with Gasteiger partial charge < -0.3 is 10.1 Å². The van der Waals surface area contributed by atoms with Gasteiger partial charge in [0.1, 0.15) is 11.6 Å². The summed E-state index contributed by atoms with van der Waals surface area (Å²) in [7, 11) is 0. The van der Waals surface area contributed by atoms with Gasteiger partial charge in [0.2, 0.25) is 5.88 Å². The first-order valence-corrected chi connectivity index (χ1v) is 6.30. The van der Waals surface area contributed by atoms with Crippen molar-refractivity contribution >= 4 is 0 Å². The lowest BCUT2D eigenvalue weighted by Crippen LogP contribution is -2.14. The third-order valence-electron chi connectivity index (χ3n) is 3.08. The summed E-state index contributed by atoms with van der Waals surface area (Å²) in [5.41, 5.74) is 0.886. The Bertz CT molecular complexity index is 553. The molecule has 0 bridgehead atoms. The van der Waals surface area contributed by atoms with Crippen molar-refractivity contribution < 1.29 is 9.13 Å². The van der Waals surface area contributed by atoms with Crippen LogP contribution >= 0.6 is 0 Å². The number of hydrogen-bond acceptors (Lipinski definition) is 4. The van der Waals surface area contributed by atoms with Crippen molar-refractivity contribution in [3.63, 3.8) is 0 Å². The van der Waals surface area contributed by atoms with Gasteiger partial charge in [0.05, 0.1) is 24.1 Å². The zero-order chi connectivity index (χ0) is 13.1. The van der Waals surface area contributed by atoms with Crippen LogP contribution < -0.4 is 10.1 Å². The van der Waals surface area contributed by atoms with Crippen molar-refractivity contribution in [3.05, 3.63) is 48.2 Å². The lowest BCUT2D eigenvalue weighted by molar-refractivity contribution is 0.451. The molecule has 1 atom stereocenters. The second-order valence-corrected chi connectivity index (χ2v) is 4.49. The zero-order valence-electron chi connectivity index (χ0n) is 10.3. The van der Waals surface area contributed by atoms with E-state index in [4.69, 9.17) is 4.74 Å². The molecule has 98 valence electrons. The summed E-state index contributed by atoms with van der Waals surface area (Å²) in [4.78, 5) is 8.57. The van der Waals surface area contributed by atoms with Crippen LogP contribution in [0.1, 0.15) is 24.6 Å². The second kappa shape index (κ2) is 5.32. The number of halogens is 1. The molecule has 0 amide bonds. The average molecular weight is 259 g/mol. The molecule has 5 heteroatoms. The van der Waals surface area contributed by atoms with E-state index in [-0.39, 0.29) is 11.9 Å². The van der Waals surface area contributed by atoms with Crippen LogP contribution in [0.5, 0.6) is 11.6 Å². The number of ether oxygens (including phenoxy) is 1. The molecule has 1 aliphatic heterocycles. The van der Waals surface area contributed by atoms with E-state index in [0.717, 1.165) is 25.1 Å². The third-order valence-corrected chi connectivity index (χ3v) is 3.08. The summed E-state index contributed by atoms with van der Waals surface area (Å²) < 4.78 is 18.4. The van der Waals surface area contributed by atoms with Crippen molar-refractivity contribution in [3.8, 4) is 11.6 Å². The predicted octanol–water partition coefficient (Wildman–Crippen LogP) is 2.83. The Morgan fingerprint density at radius 1 is 1.21 bits per heavy atom. The Morgan fingerprint density at radius 2 is 2.05 bits per heavy atom. The molecule has 0 saturated carbocycles. The van der Waals surface area contributed by atoms with Gasteiger partial charge in [-0.3, -0.25) is 4.98 Å². The molecule has 2 heterocycles. The maximum atomic E-state index is 12.8. The van der Waals surface area contributed by atoms with E-state index in [1.54, 1.807) is 24.5 Å². The molecule has 3 rings (SSSR count). The largest absolute Gasteiger partial charge is 0.437 e. The molecule has 1 unspecified atom stereocenters. The molecule has 1 fully saturated rings. The fourth-order valence-electron chi connectivity index (χ4n) is 2.14. The van der Waals surface area contributed by atoms with E-state index in [1.165, 1.54) is 12.1 Å². The first-order valence-electron chi connectivity index (χ1n) is 6.30. The maximum absolute atomic E-state index is 12.8. The van der Waals surface area contributed by atoms with Crippen LogP contribution in [0.3, 0.4) is 0 Å². The van der Waals surface area contributed by atoms with Crippen LogP contribution in [-0.4, -0.2) is 16.5 Å². The standard InChI is InChI=1S/C14H14FN3O/c15-10-3-5-11(6-4-10)19-14-9-16-8-13(18-14)12-2-1-7-17-12/h3-6,8-9,12,17H,1-2,7H2. The van der Waals surface area contributed by atoms with Crippen LogP contribution in [0.4, 0.5) is 4.39 Å². The van der Waals surface area contributed by atoms with Crippen LogP contribution in [-0.2, 0) is 0 Å². The summed E-state index contributed by atoms with van der Waals surface area (Å²) >= 11 is 0. The highest BCUT2D eigenvalue weighted by Crippen LogP contribution is 2.24. The van der Waals surface area contributed by atoms with Crippen molar-refractivity contribution in [2.24, 2.45) is 0 Å². The van der Waals surface area contributed by atoms with Crippen molar-refractivity contribution in [1.29, 1.82) is 0 Å². The van der Waals surface area contributed by atoms with Gasteiger partial charge in [0, 0.05) is 0 Å². The SMILES string of the molecule is Fc1ccc(Oc2cncc(C3CCCN3)n2)cc1. The van der Waals surface area contributed by atoms with Crippen LogP contribution in [0.15, 0.2) is 36.7 Å². The molecule has 0 radical (unpaired) electrons. The third kappa shape index (κ3) is 2.88. The summed E-state index contributed by atoms with van der Waals surface area (Å²) in [6.07, 6.45) is 5.52. The van der Waals surface area contributed by atoms with Crippen LogP contribution in [0, 0.1) is 5.82 Å². The number of aromatic nitrogens is 2. The molecule has 1 aromatic carbocycles. The number of nitrogens with one attached hydrogen (secondary N) is 1. The summed E-state index contributed by atoms with van der Waals surface area (Å²) in [5, 5.41) is 3.36. The van der Waals surface area contributed by atoms with Crippen molar-refractivity contribution in [2.75, 3.05) is 6.54 Å². The second-order valence-electron chi connectivity index (χ2n) is 4.49. The van der Waals surface area contributed by atoms with Crippen molar-refractivity contribution in [1.82, 2.24) is 15.3 Å². The molecular formula is C14H14FN3O. The Kier molecular flexibility index (Phi) is 3.37. The summed E-state index contributed by atoms with van der Waals surface area (Å²) in [5.74, 6) is 0.687. The number of benzene rings is 1. The molecule has 1 saturated heterocycles. The molecule has 2 aromatic rings. The Hall–Kier alpha value is -2.01. The lowest BCUT2D eigenvalue weighted by Gasteiger charge is -2.10. The van der Waals surface area contributed by atoms with E-state index in [9.17, 15) is 4.39 Å². The van der Waals surface area contributed by atoms with Gasteiger partial charge >= 0.3 is 0 Å². The van der Waals surface area contributed by atoms with Gasteiger partial charge in [-0.15, -0.1) is 0 Å². The first kappa shape index (κ1) is 12.0. The predicted molar refractivity (Wildman–Crippen MR) is 68.5 cm³/mol. The molecule has 4 nitrogen and oxygen atoms in total. The number of rotatable bonds is 3. The minimum atomic E-state index is -0.289. The Labute approximate surface area is 110 Å². The van der Waals surface area contributed by atoms with Gasteiger partial charge in [-0.1, -0.05) is 0 Å². The zero-order valence-corrected chi connectivity index (χ0v) is 10.3. The summed E-state index contributed by atoms with van der Waals surface area (Å²) in [6.45, 7) is 1.01. The van der Waals surface area contributed by atoms with Gasteiger partial charge in [0.15, 0.2) is 0 Å². The number of nitrogens with zero attached hydrogens (tertiary/aromatic N) is 2. The molecule has 19 heavy (non-hydrogen) atoms. The van der Waals surface area contributed by atoms with Crippen LogP contribution in [0.2, 0.25) is 0 Å². The lowest BCUT2D eigenvalue weighted by atomic mass is 10.2. The van der Waals surface area contributed by atoms with E-state index in [1.807, 2.05) is 0 Å². The van der Waals surface area contributed by atoms with E-state index in [0.29, 0.717) is 11.6 Å². The van der Waals surface area contributed by atoms with E-state index in [2.05, 4.69) is 15.3 Å². The monoisotopic (exact) mass is 259 g/mol. The molecule has 0 aliphatic carbocycles. The summed E-state index contributed by atoms with van der Waals surface area (Å²) in [6, 6.07) is 6.09. The molecule has 1 aliphatic rings. The number of hydrogen-bond donors (Lipinski definition) is 1. The minimum absolute atomic E-state index is 0.254. The van der Waals surface area contributed by atoms with Gasteiger partial charge in [-0.05, 0) is 43.7 Å². The fraction of sp³-hybridized carbons (Fsp3) is 0.286.